The van der Waals surface area contributed by atoms with Crippen LogP contribution in [-0.2, 0) is 12.6 Å². The summed E-state index contributed by atoms with van der Waals surface area (Å²) in [5.41, 5.74) is 1.38. The van der Waals surface area contributed by atoms with Crippen molar-refractivity contribution in [3.63, 3.8) is 0 Å². The summed E-state index contributed by atoms with van der Waals surface area (Å²) in [5.74, 6) is 1.20. The number of hydrogen-bond donors (Lipinski definition) is 1. The topological polar surface area (TPSA) is 63.9 Å². The van der Waals surface area contributed by atoms with Crippen LogP contribution in [0.3, 0.4) is 0 Å². The Kier molecular flexibility index (Phi) is 5.38. The Morgan fingerprint density at radius 2 is 1.63 bits per heavy atom. The molecule has 30 heavy (non-hydrogen) atoms. The van der Waals surface area contributed by atoms with E-state index in [0.29, 0.717) is 48.1 Å². The van der Waals surface area contributed by atoms with Gasteiger partial charge in [0.25, 0.3) is 5.91 Å². The van der Waals surface area contributed by atoms with Crippen LogP contribution in [0.2, 0.25) is 5.02 Å². The first-order chi connectivity index (χ1) is 14.4. The maximum Gasteiger partial charge on any atom is 0.270 e. The molecule has 1 amide bonds. The summed E-state index contributed by atoms with van der Waals surface area (Å²) in [6.07, 6.45) is 0.956. The third-order valence-corrected chi connectivity index (χ3v) is 6.28. The first kappa shape index (κ1) is 20.6. The highest BCUT2D eigenvalue weighted by Gasteiger charge is 2.36. The van der Waals surface area contributed by atoms with Crippen molar-refractivity contribution < 1.29 is 19.4 Å². The number of amides is 1. The third-order valence-electron chi connectivity index (χ3n) is 6.03. The number of likely N-dealkylation sites (tertiary alicyclic amines) is 1. The second kappa shape index (κ2) is 7.85. The monoisotopic (exact) mass is 428 g/mol. The van der Waals surface area contributed by atoms with Crippen molar-refractivity contribution >= 4 is 28.4 Å². The van der Waals surface area contributed by atoms with Crippen molar-refractivity contribution in [1.82, 2.24) is 9.47 Å². The van der Waals surface area contributed by atoms with Gasteiger partial charge in [0.2, 0.25) is 0 Å². The lowest BCUT2D eigenvalue weighted by Crippen LogP contribution is -2.45. The van der Waals surface area contributed by atoms with Gasteiger partial charge in [-0.25, -0.2) is 0 Å². The summed E-state index contributed by atoms with van der Waals surface area (Å²) >= 11 is 5.96. The maximum absolute atomic E-state index is 13.2. The number of aliphatic hydroxyl groups is 1. The van der Waals surface area contributed by atoms with Gasteiger partial charge in [0.15, 0.2) is 11.5 Å². The Hall–Kier alpha value is -2.70. The lowest BCUT2D eigenvalue weighted by molar-refractivity contribution is -0.0213. The number of piperidine rings is 1. The summed E-state index contributed by atoms with van der Waals surface area (Å²) < 4.78 is 12.6. The molecule has 2 aromatic carbocycles. The summed E-state index contributed by atoms with van der Waals surface area (Å²) in [5, 5.41) is 12.6. The fourth-order valence-corrected chi connectivity index (χ4v) is 4.29. The largest absolute Gasteiger partial charge is 0.493 e. The van der Waals surface area contributed by atoms with E-state index in [1.165, 1.54) is 0 Å². The molecule has 0 atom stereocenters. The number of aryl methyl sites for hydroxylation is 1. The van der Waals surface area contributed by atoms with Gasteiger partial charge in [-0.15, -0.1) is 0 Å². The Labute approximate surface area is 180 Å². The second-order valence-corrected chi connectivity index (χ2v) is 8.12. The molecule has 1 aromatic heterocycles. The zero-order valence-electron chi connectivity index (χ0n) is 17.3. The number of carbonyl (C=O) groups is 1. The molecule has 1 aliphatic heterocycles. The minimum atomic E-state index is -0.943. The summed E-state index contributed by atoms with van der Waals surface area (Å²) in [7, 11) is 5.05. The summed E-state index contributed by atoms with van der Waals surface area (Å²) in [4.78, 5) is 15.0. The van der Waals surface area contributed by atoms with E-state index >= 15 is 0 Å². The predicted octanol–water partition coefficient (Wildman–Crippen LogP) is 3.97. The molecule has 2 heterocycles. The van der Waals surface area contributed by atoms with E-state index in [1.54, 1.807) is 31.3 Å². The number of ether oxygens (including phenoxy) is 2. The molecule has 0 radical (unpaired) electrons. The van der Waals surface area contributed by atoms with Gasteiger partial charge in [-0.2, -0.15) is 0 Å². The van der Waals surface area contributed by atoms with Crippen LogP contribution in [0.4, 0.5) is 0 Å². The van der Waals surface area contributed by atoms with Crippen LogP contribution in [0.15, 0.2) is 42.5 Å². The fraction of sp³-hybridized carbons (Fsp3) is 0.348. The van der Waals surface area contributed by atoms with Crippen LogP contribution in [0.1, 0.15) is 28.9 Å². The van der Waals surface area contributed by atoms with Gasteiger partial charge < -0.3 is 24.0 Å². The first-order valence-electron chi connectivity index (χ1n) is 9.85. The molecule has 0 unspecified atom stereocenters. The molecule has 3 aromatic rings. The maximum atomic E-state index is 13.2. The summed E-state index contributed by atoms with van der Waals surface area (Å²) in [6.45, 7) is 0.957. The van der Waals surface area contributed by atoms with Crippen molar-refractivity contribution in [2.45, 2.75) is 18.4 Å². The lowest BCUT2D eigenvalue weighted by Gasteiger charge is -2.38. The number of rotatable bonds is 4. The van der Waals surface area contributed by atoms with Crippen LogP contribution in [-0.4, -0.2) is 47.8 Å². The zero-order chi connectivity index (χ0) is 21.5. The Bertz CT molecular complexity index is 1080. The van der Waals surface area contributed by atoms with Gasteiger partial charge >= 0.3 is 0 Å². The number of carbonyl (C=O) groups excluding carboxylic acids is 1. The van der Waals surface area contributed by atoms with Gasteiger partial charge in [-0.1, -0.05) is 23.7 Å². The molecule has 0 spiro atoms. The molecule has 4 rings (SSSR count). The van der Waals surface area contributed by atoms with Crippen LogP contribution < -0.4 is 9.47 Å². The number of halogens is 1. The van der Waals surface area contributed by atoms with Crippen LogP contribution in [0.25, 0.3) is 10.9 Å². The molecule has 7 heteroatoms. The van der Waals surface area contributed by atoms with Crippen LogP contribution in [0.5, 0.6) is 11.5 Å². The zero-order valence-corrected chi connectivity index (χ0v) is 18.1. The van der Waals surface area contributed by atoms with Crippen molar-refractivity contribution in [2.24, 2.45) is 7.05 Å². The van der Waals surface area contributed by atoms with E-state index in [4.69, 9.17) is 21.1 Å². The van der Waals surface area contributed by atoms with Crippen LogP contribution >= 0.6 is 11.6 Å². The third kappa shape index (κ3) is 3.50. The highest BCUT2D eigenvalue weighted by atomic mass is 35.5. The fourth-order valence-electron chi connectivity index (χ4n) is 4.16. The Morgan fingerprint density at radius 1 is 1.03 bits per heavy atom. The van der Waals surface area contributed by atoms with Gasteiger partial charge in [0.1, 0.15) is 5.69 Å². The summed E-state index contributed by atoms with van der Waals surface area (Å²) in [6, 6.07) is 12.9. The first-order valence-corrected chi connectivity index (χ1v) is 10.2. The molecule has 1 N–H and O–H groups in total. The van der Waals surface area contributed by atoms with Crippen molar-refractivity contribution in [3.05, 3.63) is 58.7 Å². The van der Waals surface area contributed by atoms with E-state index in [-0.39, 0.29) is 5.91 Å². The standard InChI is InChI=1S/C23H25ClN2O4/c1-25-18-14-21(30-3)20(29-2)13-15(18)12-19(25)22(27)26-10-8-23(28,9-11-26)16-4-6-17(24)7-5-16/h4-7,12-14,28H,8-11H2,1-3H3. The quantitative estimate of drug-likeness (QED) is 0.682. The highest BCUT2D eigenvalue weighted by molar-refractivity contribution is 6.30. The molecule has 1 aliphatic rings. The number of aromatic nitrogens is 1. The highest BCUT2D eigenvalue weighted by Crippen LogP contribution is 2.36. The molecule has 1 fully saturated rings. The minimum Gasteiger partial charge on any atom is -0.493 e. The normalized spacial score (nSPS) is 16.0. The van der Waals surface area contributed by atoms with Gasteiger partial charge in [0.05, 0.1) is 25.3 Å². The SMILES string of the molecule is COc1cc2cc(C(=O)N3CCC(O)(c4ccc(Cl)cc4)CC3)n(C)c2cc1OC. The van der Waals surface area contributed by atoms with E-state index in [2.05, 4.69) is 0 Å². The second-order valence-electron chi connectivity index (χ2n) is 7.69. The molecule has 0 aliphatic carbocycles. The Morgan fingerprint density at radius 3 is 2.23 bits per heavy atom. The van der Waals surface area contributed by atoms with Gasteiger partial charge in [-0.3, -0.25) is 4.79 Å². The van der Waals surface area contributed by atoms with Crippen LogP contribution in [0, 0.1) is 0 Å². The molecule has 6 nitrogen and oxygen atoms in total. The van der Waals surface area contributed by atoms with Crippen molar-refractivity contribution in [2.75, 3.05) is 27.3 Å². The smallest absolute Gasteiger partial charge is 0.270 e. The van der Waals surface area contributed by atoms with Crippen molar-refractivity contribution in [1.29, 1.82) is 0 Å². The molecule has 0 bridgehead atoms. The Balaban J connectivity index is 1.56. The predicted molar refractivity (Wildman–Crippen MR) is 117 cm³/mol. The average molecular weight is 429 g/mol. The van der Waals surface area contributed by atoms with Gasteiger partial charge in [0, 0.05) is 36.6 Å². The number of fused-ring (bicyclic) bond motifs is 1. The van der Waals surface area contributed by atoms with E-state index < -0.39 is 5.60 Å². The van der Waals surface area contributed by atoms with E-state index in [0.717, 1.165) is 16.5 Å². The van der Waals surface area contributed by atoms with Gasteiger partial charge in [-0.05, 0) is 42.7 Å². The number of methoxy groups -OCH3 is 2. The van der Waals surface area contributed by atoms with Crippen molar-refractivity contribution in [3.8, 4) is 11.5 Å². The molecule has 158 valence electrons. The number of benzene rings is 2. The molecule has 1 saturated heterocycles. The molecule has 0 saturated carbocycles. The lowest BCUT2D eigenvalue weighted by atomic mass is 9.84. The van der Waals surface area contributed by atoms with E-state index in [9.17, 15) is 9.90 Å². The number of nitrogens with zero attached hydrogens (tertiary/aromatic N) is 2. The average Bonchev–Trinajstić information content (AvgIpc) is 3.08. The molecular formula is C23H25ClN2O4. The molecular weight excluding hydrogens is 404 g/mol. The minimum absolute atomic E-state index is 0.0511. The number of hydrogen-bond acceptors (Lipinski definition) is 4. The van der Waals surface area contributed by atoms with E-state index in [1.807, 2.05) is 41.9 Å².